The molecule has 14 nitrogen and oxygen atoms in total. The molecule has 3 aromatic carbocycles. The first kappa shape index (κ1) is 44.5. The molecule has 3 heterocycles. The number of carbonyl (C=O) groups is 2. The molecule has 2 amide bonds. The lowest BCUT2D eigenvalue weighted by molar-refractivity contribution is -0.897. The first-order valence-electron chi connectivity index (χ1n) is 19.7. The molecule has 1 N–H and O–H groups in total. The number of likely N-dealkylation sites (tertiary alicyclic amines) is 1. The number of quaternary nitrogens is 1. The van der Waals surface area contributed by atoms with Gasteiger partial charge in [-0.3, -0.25) is 19.1 Å². The van der Waals surface area contributed by atoms with E-state index in [0.29, 0.717) is 48.7 Å². The molecule has 0 bridgehead atoms. The summed E-state index contributed by atoms with van der Waals surface area (Å²) in [6.45, 7) is 1.48. The third-order valence-electron chi connectivity index (χ3n) is 11.4. The van der Waals surface area contributed by atoms with Crippen LogP contribution < -0.4 is 10.9 Å². The molecule has 2 fully saturated rings. The molecule has 1 aliphatic heterocycles. The van der Waals surface area contributed by atoms with Crippen LogP contribution >= 0.6 is 0 Å². The molecule has 2 aliphatic rings. The van der Waals surface area contributed by atoms with Gasteiger partial charge in [0.2, 0.25) is 5.91 Å². The predicted octanol–water partition coefficient (Wildman–Crippen LogP) is 5.50. The fraction of sp³-hybridized carbons (Fsp3) is 0.372. The van der Waals surface area contributed by atoms with E-state index in [2.05, 4.69) is 37.6 Å². The van der Waals surface area contributed by atoms with Crippen LogP contribution in [0.1, 0.15) is 60.0 Å². The second kappa shape index (κ2) is 17.9. The molecule has 7 rings (SSSR count). The first-order chi connectivity index (χ1) is 28.8. The molecule has 0 unspecified atom stereocenters. The number of nitrogens with one attached hydrogen (secondary N) is 1. The number of nitrogens with zero attached hydrogens (tertiary/aromatic N) is 7. The maximum atomic E-state index is 14.2. The smallest absolute Gasteiger partial charge is 0.416 e. The van der Waals surface area contributed by atoms with E-state index >= 15 is 0 Å². The maximum Gasteiger partial charge on any atom is 0.416 e. The summed E-state index contributed by atoms with van der Waals surface area (Å²) in [6, 6.07) is 22.0. The van der Waals surface area contributed by atoms with Crippen LogP contribution in [-0.4, -0.2) is 99.6 Å². The Bertz CT molecular complexity index is 2570. The lowest BCUT2D eigenvalue weighted by Gasteiger charge is -2.41. The van der Waals surface area contributed by atoms with Gasteiger partial charge in [-0.25, -0.2) is 17.8 Å². The predicted molar refractivity (Wildman–Crippen MR) is 219 cm³/mol. The van der Waals surface area contributed by atoms with Crippen molar-refractivity contribution in [3.63, 3.8) is 0 Å². The van der Waals surface area contributed by atoms with Gasteiger partial charge in [-0.2, -0.15) is 23.5 Å². The first-order valence-corrected chi connectivity index (χ1v) is 21.1. The Kier molecular flexibility index (Phi) is 13.1. The summed E-state index contributed by atoms with van der Waals surface area (Å²) in [4.78, 5) is 43.5. The van der Waals surface area contributed by atoms with Gasteiger partial charge in [-0.15, -0.1) is 0 Å². The van der Waals surface area contributed by atoms with Gasteiger partial charge in [0.05, 0.1) is 72.5 Å². The standard InChI is InChI=1S/C37H41F3N8O3.C6H6O3S/c1-44-33(31-16-19-42-46(31)28-14-8-24(23-41)9-15-28)32(36(51)47(44)29-7-5-6-26(22-29)37(38,39)40)34(49)43-27-12-10-25(11-13-27)35(50)45-20-17-30(18-21-45)48(2,3)4;7-10(8,9)6-4-2-1-3-5-6/h5-9,14-16,19,22,25,27,30H,10-13,17-18,20-21H2,1-4H3;1-5H,(H,7,8,9). The minimum absolute atomic E-state index is 0.0634. The Labute approximate surface area is 351 Å². The van der Waals surface area contributed by atoms with E-state index in [0.717, 1.165) is 47.2 Å². The second-order valence-corrected chi connectivity index (χ2v) is 17.5. The number of hydrogen-bond donors (Lipinski definition) is 1. The molecule has 0 spiro atoms. The van der Waals surface area contributed by atoms with Gasteiger partial charge in [-0.05, 0) is 86.3 Å². The maximum absolute atomic E-state index is 14.2. The van der Waals surface area contributed by atoms with Crippen LogP contribution in [-0.2, 0) is 28.1 Å². The van der Waals surface area contributed by atoms with E-state index in [1.807, 2.05) is 4.90 Å². The SMILES string of the molecule is Cn1c(-c2ccnn2-c2ccc(C#N)cc2)c(C(=O)NC2CCC(C(=O)N3CCC([N+](C)(C)C)CC3)CC2)c(=O)n1-c1cccc(C(F)(F)F)c1.O=S(=O)([O-])c1ccccc1. The molecule has 1 saturated carbocycles. The van der Waals surface area contributed by atoms with Crippen LogP contribution in [0.5, 0.6) is 0 Å². The summed E-state index contributed by atoms with van der Waals surface area (Å²) in [6.07, 6.45) is 1.05. The largest absolute Gasteiger partial charge is 0.744 e. The Balaban J connectivity index is 0.000000546. The lowest BCUT2D eigenvalue weighted by Crippen LogP contribution is -2.53. The lowest BCUT2D eigenvalue weighted by atomic mass is 9.84. The molecule has 61 heavy (non-hydrogen) atoms. The molecule has 2 aromatic heterocycles. The van der Waals surface area contributed by atoms with Crippen molar-refractivity contribution < 1.29 is 40.2 Å². The zero-order valence-electron chi connectivity index (χ0n) is 34.2. The number of carbonyl (C=O) groups excluding carboxylic acids is 2. The minimum atomic E-state index is -4.65. The highest BCUT2D eigenvalue weighted by Gasteiger charge is 2.37. The minimum Gasteiger partial charge on any atom is -0.744 e. The fourth-order valence-electron chi connectivity index (χ4n) is 8.02. The summed E-state index contributed by atoms with van der Waals surface area (Å²) in [5.41, 5.74) is -0.571. The van der Waals surface area contributed by atoms with E-state index < -0.39 is 33.3 Å². The molecule has 1 aliphatic carbocycles. The number of rotatable bonds is 8. The summed E-state index contributed by atoms with van der Waals surface area (Å²) >= 11 is 0. The van der Waals surface area contributed by atoms with Gasteiger partial charge in [-0.1, -0.05) is 24.3 Å². The van der Waals surface area contributed by atoms with Crippen molar-refractivity contribution in [1.29, 1.82) is 5.26 Å². The summed E-state index contributed by atoms with van der Waals surface area (Å²) < 4.78 is 76.7. The van der Waals surface area contributed by atoms with Gasteiger partial charge in [0.15, 0.2) is 0 Å². The van der Waals surface area contributed by atoms with Crippen molar-refractivity contribution >= 4 is 21.9 Å². The highest BCUT2D eigenvalue weighted by Crippen LogP contribution is 2.33. The van der Waals surface area contributed by atoms with Gasteiger partial charge in [0.25, 0.3) is 11.5 Å². The number of amides is 2. The summed E-state index contributed by atoms with van der Waals surface area (Å²) in [5, 5.41) is 16.7. The number of piperidine rings is 1. The molecule has 5 aromatic rings. The average molecular weight is 861 g/mol. The normalized spacial score (nSPS) is 17.5. The van der Waals surface area contributed by atoms with Crippen LogP contribution in [0.3, 0.4) is 0 Å². The molecule has 0 radical (unpaired) electrons. The zero-order chi connectivity index (χ0) is 44.3. The van der Waals surface area contributed by atoms with Crippen LogP contribution in [0.15, 0.2) is 101 Å². The van der Waals surface area contributed by atoms with Crippen molar-refractivity contribution in [1.82, 2.24) is 29.4 Å². The number of alkyl halides is 3. The topological polar surface area (TPSA) is 175 Å². The quantitative estimate of drug-likeness (QED) is 0.157. The fourth-order valence-corrected chi connectivity index (χ4v) is 8.51. The van der Waals surface area contributed by atoms with Gasteiger partial charge >= 0.3 is 6.18 Å². The Morgan fingerprint density at radius 1 is 0.885 bits per heavy atom. The summed E-state index contributed by atoms with van der Waals surface area (Å²) in [7, 11) is 3.79. The van der Waals surface area contributed by atoms with E-state index in [-0.39, 0.29) is 39.7 Å². The zero-order valence-corrected chi connectivity index (χ0v) is 35.0. The van der Waals surface area contributed by atoms with Crippen molar-refractivity contribution in [3.05, 3.63) is 118 Å². The van der Waals surface area contributed by atoms with Crippen LogP contribution in [0.4, 0.5) is 13.2 Å². The monoisotopic (exact) mass is 860 g/mol. The Hall–Kier alpha value is -6.03. The van der Waals surface area contributed by atoms with Gasteiger partial charge in [0, 0.05) is 44.9 Å². The molecular weight excluding hydrogens is 814 g/mol. The molecule has 322 valence electrons. The Morgan fingerprint density at radius 3 is 2.08 bits per heavy atom. The second-order valence-electron chi connectivity index (χ2n) is 16.2. The number of benzene rings is 3. The van der Waals surface area contributed by atoms with Gasteiger partial charge in [0.1, 0.15) is 21.4 Å². The molecule has 0 atom stereocenters. The highest BCUT2D eigenvalue weighted by molar-refractivity contribution is 7.85. The van der Waals surface area contributed by atoms with E-state index in [9.17, 15) is 45.8 Å². The van der Waals surface area contributed by atoms with Crippen molar-refractivity contribution in [2.24, 2.45) is 13.0 Å². The molecule has 18 heteroatoms. The Morgan fingerprint density at radius 2 is 1.52 bits per heavy atom. The molecule has 1 saturated heterocycles. The van der Waals surface area contributed by atoms with Crippen LogP contribution in [0.2, 0.25) is 0 Å². The van der Waals surface area contributed by atoms with E-state index in [4.69, 9.17) is 0 Å². The van der Waals surface area contributed by atoms with Gasteiger partial charge < -0.3 is 19.3 Å². The third-order valence-corrected chi connectivity index (χ3v) is 12.2. The van der Waals surface area contributed by atoms with Crippen molar-refractivity contribution in [2.45, 2.75) is 61.7 Å². The summed E-state index contributed by atoms with van der Waals surface area (Å²) in [5.74, 6) is -0.642. The number of aromatic nitrogens is 4. The van der Waals surface area contributed by atoms with Crippen LogP contribution in [0.25, 0.3) is 22.8 Å². The van der Waals surface area contributed by atoms with E-state index in [1.165, 1.54) is 59.0 Å². The highest BCUT2D eigenvalue weighted by atomic mass is 32.2. The number of nitriles is 1. The average Bonchev–Trinajstić information content (AvgIpc) is 3.82. The number of hydrogen-bond acceptors (Lipinski definition) is 8. The molecular formula is C43H47F3N8O6S. The third kappa shape index (κ3) is 10.1. The van der Waals surface area contributed by atoms with Crippen molar-refractivity contribution in [3.8, 4) is 28.8 Å². The van der Waals surface area contributed by atoms with E-state index in [1.54, 1.807) is 36.4 Å². The van der Waals surface area contributed by atoms with Crippen molar-refractivity contribution in [2.75, 3.05) is 34.2 Å². The number of halogens is 3. The van der Waals surface area contributed by atoms with Crippen LogP contribution in [0, 0.1) is 17.2 Å².